The van der Waals surface area contributed by atoms with Crippen molar-refractivity contribution in [1.82, 2.24) is 4.31 Å². The molecule has 3 rings (SSSR count). The van der Waals surface area contributed by atoms with Gasteiger partial charge < -0.3 is 14.2 Å². The highest BCUT2D eigenvalue weighted by atomic mass is 35.5. The lowest BCUT2D eigenvalue weighted by molar-refractivity contribution is -0.386. The van der Waals surface area contributed by atoms with E-state index in [1.165, 1.54) is 22.5 Å². The standard InChI is InChI=1S/C18H18Cl2N2O7S/c19-13-1-3-17(15(20)11-13)28-9-10-29-18-4-2-14(12-16(18)22(23)24)30(25,26)21-5-7-27-8-6-21/h1-4,11-12H,5-10H2. The molecule has 1 fully saturated rings. The topological polar surface area (TPSA) is 108 Å². The fourth-order valence-corrected chi connectivity index (χ4v) is 4.65. The molecule has 0 unspecified atom stereocenters. The Morgan fingerprint density at radius 2 is 1.67 bits per heavy atom. The molecule has 1 aliphatic rings. The average Bonchev–Trinajstić information content (AvgIpc) is 2.73. The fourth-order valence-electron chi connectivity index (χ4n) is 2.75. The Bertz CT molecular complexity index is 1030. The highest BCUT2D eigenvalue weighted by molar-refractivity contribution is 7.89. The molecule has 0 spiro atoms. The summed E-state index contributed by atoms with van der Waals surface area (Å²) in [4.78, 5) is 10.6. The van der Waals surface area contributed by atoms with Crippen LogP contribution in [0.5, 0.6) is 11.5 Å². The van der Waals surface area contributed by atoms with Crippen molar-refractivity contribution in [3.8, 4) is 11.5 Å². The zero-order valence-electron chi connectivity index (χ0n) is 15.6. The molecule has 0 atom stereocenters. The molecule has 2 aromatic rings. The van der Waals surface area contributed by atoms with Gasteiger partial charge in [0, 0.05) is 24.2 Å². The van der Waals surface area contributed by atoms with Crippen LogP contribution in [0.1, 0.15) is 0 Å². The van der Waals surface area contributed by atoms with Gasteiger partial charge in [0.25, 0.3) is 0 Å². The molecule has 30 heavy (non-hydrogen) atoms. The van der Waals surface area contributed by atoms with E-state index >= 15 is 0 Å². The number of nitro benzene ring substituents is 1. The summed E-state index contributed by atoms with van der Waals surface area (Å²) in [5.41, 5.74) is -0.450. The molecule has 0 aromatic heterocycles. The van der Waals surface area contributed by atoms with Gasteiger partial charge in [-0.25, -0.2) is 8.42 Å². The molecule has 12 heteroatoms. The van der Waals surface area contributed by atoms with Crippen LogP contribution < -0.4 is 9.47 Å². The van der Waals surface area contributed by atoms with Crippen LogP contribution in [0.15, 0.2) is 41.3 Å². The van der Waals surface area contributed by atoms with Crippen molar-refractivity contribution in [3.63, 3.8) is 0 Å². The Morgan fingerprint density at radius 1 is 1.03 bits per heavy atom. The number of nitro groups is 1. The van der Waals surface area contributed by atoms with Gasteiger partial charge >= 0.3 is 5.69 Å². The Morgan fingerprint density at radius 3 is 2.30 bits per heavy atom. The van der Waals surface area contributed by atoms with E-state index < -0.39 is 20.6 Å². The highest BCUT2D eigenvalue weighted by Gasteiger charge is 2.29. The van der Waals surface area contributed by atoms with Gasteiger partial charge in [-0.2, -0.15) is 4.31 Å². The van der Waals surface area contributed by atoms with Gasteiger partial charge in [0.15, 0.2) is 5.75 Å². The van der Waals surface area contributed by atoms with Crippen molar-refractivity contribution in [2.24, 2.45) is 0 Å². The molecular formula is C18H18Cl2N2O7S. The van der Waals surface area contributed by atoms with Crippen LogP contribution in [0.3, 0.4) is 0 Å². The first-order valence-electron chi connectivity index (χ1n) is 8.86. The summed E-state index contributed by atoms with van der Waals surface area (Å²) in [6.07, 6.45) is 0. The van der Waals surface area contributed by atoms with Gasteiger partial charge in [0.2, 0.25) is 10.0 Å². The molecule has 0 amide bonds. The van der Waals surface area contributed by atoms with E-state index in [0.717, 1.165) is 6.07 Å². The molecule has 0 N–H and O–H groups in total. The van der Waals surface area contributed by atoms with Gasteiger partial charge in [0.05, 0.1) is 28.1 Å². The summed E-state index contributed by atoms with van der Waals surface area (Å²) >= 11 is 11.8. The highest BCUT2D eigenvalue weighted by Crippen LogP contribution is 2.31. The SMILES string of the molecule is O=[N+]([O-])c1cc(S(=O)(=O)N2CCOCC2)ccc1OCCOc1ccc(Cl)cc1Cl. The van der Waals surface area contributed by atoms with Crippen molar-refractivity contribution < 1.29 is 27.6 Å². The summed E-state index contributed by atoms with van der Waals surface area (Å²) in [5, 5.41) is 12.2. The minimum Gasteiger partial charge on any atom is -0.488 e. The van der Waals surface area contributed by atoms with E-state index in [0.29, 0.717) is 15.8 Å². The van der Waals surface area contributed by atoms with Gasteiger partial charge in [-0.15, -0.1) is 0 Å². The first-order chi connectivity index (χ1) is 14.3. The lowest BCUT2D eigenvalue weighted by atomic mass is 10.3. The van der Waals surface area contributed by atoms with Gasteiger partial charge in [-0.3, -0.25) is 10.1 Å². The van der Waals surface area contributed by atoms with Crippen molar-refractivity contribution in [3.05, 3.63) is 56.6 Å². The number of nitrogens with zero attached hydrogens (tertiary/aromatic N) is 2. The zero-order valence-corrected chi connectivity index (χ0v) is 18.0. The van der Waals surface area contributed by atoms with E-state index in [2.05, 4.69) is 0 Å². The summed E-state index contributed by atoms with van der Waals surface area (Å²) in [6.45, 7) is 0.986. The summed E-state index contributed by atoms with van der Waals surface area (Å²) < 4.78 is 42.7. The second-order valence-electron chi connectivity index (χ2n) is 6.17. The maximum absolute atomic E-state index is 12.7. The summed E-state index contributed by atoms with van der Waals surface area (Å²) in [6, 6.07) is 8.28. The van der Waals surface area contributed by atoms with Crippen LogP contribution in [0, 0.1) is 10.1 Å². The maximum atomic E-state index is 12.7. The smallest absolute Gasteiger partial charge is 0.312 e. The largest absolute Gasteiger partial charge is 0.488 e. The van der Waals surface area contributed by atoms with Crippen LogP contribution >= 0.6 is 23.2 Å². The summed E-state index contributed by atoms with van der Waals surface area (Å²) in [7, 11) is -3.86. The number of ether oxygens (including phenoxy) is 3. The van der Waals surface area contributed by atoms with Crippen LogP contribution in [0.25, 0.3) is 0 Å². The quantitative estimate of drug-likeness (QED) is 0.326. The number of hydrogen-bond acceptors (Lipinski definition) is 7. The van der Waals surface area contributed by atoms with Gasteiger partial charge in [-0.1, -0.05) is 23.2 Å². The minimum atomic E-state index is -3.86. The maximum Gasteiger partial charge on any atom is 0.312 e. The van der Waals surface area contributed by atoms with Crippen molar-refractivity contribution in [2.45, 2.75) is 4.90 Å². The van der Waals surface area contributed by atoms with E-state index in [-0.39, 0.29) is 50.2 Å². The molecule has 1 saturated heterocycles. The van der Waals surface area contributed by atoms with E-state index in [4.69, 9.17) is 37.4 Å². The second-order valence-corrected chi connectivity index (χ2v) is 8.96. The van der Waals surface area contributed by atoms with E-state index in [1.807, 2.05) is 0 Å². The lowest BCUT2D eigenvalue weighted by Crippen LogP contribution is -2.40. The number of hydrogen-bond donors (Lipinski definition) is 0. The molecule has 0 radical (unpaired) electrons. The fraction of sp³-hybridized carbons (Fsp3) is 0.333. The van der Waals surface area contributed by atoms with Gasteiger partial charge in [-0.05, 0) is 30.3 Å². The Labute approximate surface area is 183 Å². The van der Waals surface area contributed by atoms with Crippen molar-refractivity contribution in [1.29, 1.82) is 0 Å². The molecule has 0 saturated carbocycles. The summed E-state index contributed by atoms with van der Waals surface area (Å²) in [5.74, 6) is 0.331. The molecule has 1 heterocycles. The molecule has 0 aliphatic carbocycles. The first-order valence-corrected chi connectivity index (χ1v) is 11.1. The number of rotatable bonds is 8. The van der Waals surface area contributed by atoms with Gasteiger partial charge in [0.1, 0.15) is 19.0 Å². The molecule has 162 valence electrons. The Hall–Kier alpha value is -2.11. The Balaban J connectivity index is 1.68. The third kappa shape index (κ3) is 5.32. The Kier molecular flexibility index (Phi) is 7.37. The first kappa shape index (κ1) is 22.6. The molecule has 2 aromatic carbocycles. The molecular weight excluding hydrogens is 459 g/mol. The molecule has 9 nitrogen and oxygen atoms in total. The molecule has 0 bridgehead atoms. The minimum absolute atomic E-state index is 0.0185. The van der Waals surface area contributed by atoms with Crippen LogP contribution in [-0.4, -0.2) is 57.2 Å². The monoisotopic (exact) mass is 476 g/mol. The number of halogens is 2. The van der Waals surface area contributed by atoms with Crippen LogP contribution in [0.2, 0.25) is 10.0 Å². The average molecular weight is 477 g/mol. The van der Waals surface area contributed by atoms with E-state index in [1.54, 1.807) is 12.1 Å². The lowest BCUT2D eigenvalue weighted by Gasteiger charge is -2.26. The zero-order chi connectivity index (χ0) is 21.7. The third-order valence-electron chi connectivity index (χ3n) is 4.23. The van der Waals surface area contributed by atoms with Crippen molar-refractivity contribution >= 4 is 38.9 Å². The normalized spacial score (nSPS) is 15.0. The van der Waals surface area contributed by atoms with Crippen LogP contribution in [0.4, 0.5) is 5.69 Å². The van der Waals surface area contributed by atoms with Crippen LogP contribution in [-0.2, 0) is 14.8 Å². The predicted molar refractivity (Wildman–Crippen MR) is 110 cm³/mol. The second kappa shape index (κ2) is 9.80. The molecule has 1 aliphatic heterocycles. The number of benzene rings is 2. The third-order valence-corrected chi connectivity index (χ3v) is 6.65. The number of morpholine rings is 1. The van der Waals surface area contributed by atoms with E-state index in [9.17, 15) is 18.5 Å². The predicted octanol–water partition coefficient (Wildman–Crippen LogP) is 3.38. The van der Waals surface area contributed by atoms with Crippen molar-refractivity contribution in [2.75, 3.05) is 39.5 Å². The number of sulfonamides is 1.